The molecule has 0 atom stereocenters. The fourth-order valence-corrected chi connectivity index (χ4v) is 4.03. The van der Waals surface area contributed by atoms with Gasteiger partial charge in [-0.3, -0.25) is 0 Å². The zero-order valence-electron chi connectivity index (χ0n) is 15.3. The smallest absolute Gasteiger partial charge is 0.336 e. The maximum Gasteiger partial charge on any atom is 0.336 e. The third-order valence-electron chi connectivity index (χ3n) is 4.67. The Kier molecular flexibility index (Phi) is 4.86. The quantitative estimate of drug-likeness (QED) is 0.365. The van der Waals surface area contributed by atoms with E-state index in [1.165, 1.54) is 11.1 Å². The van der Waals surface area contributed by atoms with Crippen LogP contribution in [0.25, 0.3) is 11.0 Å². The third-order valence-corrected chi connectivity index (χ3v) is 5.73. The van der Waals surface area contributed by atoms with Crippen LogP contribution in [0.3, 0.4) is 0 Å². The summed E-state index contributed by atoms with van der Waals surface area (Å²) in [7, 11) is 0. The summed E-state index contributed by atoms with van der Waals surface area (Å²) in [6.45, 7) is 4.87. The van der Waals surface area contributed by atoms with Crippen molar-refractivity contribution >= 4 is 22.7 Å². The lowest BCUT2D eigenvalue weighted by molar-refractivity contribution is 0.559. The Morgan fingerprint density at radius 1 is 1.07 bits per heavy atom. The number of aryl methyl sites for hydroxylation is 2. The van der Waals surface area contributed by atoms with Crippen molar-refractivity contribution in [1.29, 1.82) is 0 Å². The van der Waals surface area contributed by atoms with Crippen LogP contribution in [0.1, 0.15) is 22.3 Å². The van der Waals surface area contributed by atoms with E-state index in [0.29, 0.717) is 11.3 Å². The van der Waals surface area contributed by atoms with Crippen molar-refractivity contribution in [2.24, 2.45) is 0 Å². The Morgan fingerprint density at radius 3 is 2.67 bits per heavy atom. The van der Waals surface area contributed by atoms with Crippen LogP contribution in [0.2, 0.25) is 0 Å². The summed E-state index contributed by atoms with van der Waals surface area (Å²) in [5.74, 6) is 0.663. The highest BCUT2D eigenvalue weighted by atomic mass is 32.2. The van der Waals surface area contributed by atoms with E-state index in [-0.39, 0.29) is 5.63 Å². The fraction of sp³-hybridized carbons (Fsp3) is 0.182. The molecule has 0 aliphatic carbocycles. The molecule has 2 aromatic heterocycles. The number of hydrogen-bond acceptors (Lipinski definition) is 4. The molecule has 0 aliphatic heterocycles. The first-order valence-electron chi connectivity index (χ1n) is 8.82. The minimum absolute atomic E-state index is 0.311. The van der Waals surface area contributed by atoms with Crippen molar-refractivity contribution in [2.75, 3.05) is 0 Å². The zero-order chi connectivity index (χ0) is 18.8. The topological polar surface area (TPSA) is 48.0 Å². The van der Waals surface area contributed by atoms with Gasteiger partial charge in [-0.25, -0.2) is 9.78 Å². The van der Waals surface area contributed by atoms with Crippen molar-refractivity contribution in [1.82, 2.24) is 9.55 Å². The molecule has 0 saturated heterocycles. The number of benzene rings is 2. The van der Waals surface area contributed by atoms with E-state index in [2.05, 4.69) is 34.7 Å². The molecule has 0 bridgehead atoms. The Hall–Kier alpha value is -2.79. The number of rotatable bonds is 5. The monoisotopic (exact) mass is 376 g/mol. The van der Waals surface area contributed by atoms with Crippen LogP contribution in [0, 0.1) is 13.8 Å². The first-order valence-corrected chi connectivity index (χ1v) is 9.80. The van der Waals surface area contributed by atoms with Gasteiger partial charge < -0.3 is 8.98 Å². The molecule has 2 aromatic carbocycles. The standard InChI is InChI=1S/C22H20N2O2S/c1-15-10-19-18(12-21(25)26-20(19)11-16(15)2)14-27-22-23-8-9-24(22)13-17-6-4-3-5-7-17/h3-12H,13-14H2,1-2H3. The van der Waals surface area contributed by atoms with E-state index in [4.69, 9.17) is 4.42 Å². The van der Waals surface area contributed by atoms with Gasteiger partial charge in [-0.15, -0.1) is 0 Å². The lowest BCUT2D eigenvalue weighted by Crippen LogP contribution is -2.02. The summed E-state index contributed by atoms with van der Waals surface area (Å²) in [5.41, 5.74) is 4.85. The van der Waals surface area contributed by atoms with E-state index in [1.807, 2.05) is 43.6 Å². The molecule has 0 radical (unpaired) electrons. The van der Waals surface area contributed by atoms with E-state index in [0.717, 1.165) is 28.2 Å². The van der Waals surface area contributed by atoms with Crippen LogP contribution >= 0.6 is 11.8 Å². The fourth-order valence-electron chi connectivity index (χ4n) is 3.08. The largest absolute Gasteiger partial charge is 0.423 e. The van der Waals surface area contributed by atoms with E-state index in [9.17, 15) is 4.79 Å². The first-order chi connectivity index (χ1) is 13.1. The zero-order valence-corrected chi connectivity index (χ0v) is 16.1. The molecule has 27 heavy (non-hydrogen) atoms. The summed E-state index contributed by atoms with van der Waals surface area (Å²) in [6, 6.07) is 15.9. The molecule has 0 fully saturated rings. The molecule has 0 N–H and O–H groups in total. The highest BCUT2D eigenvalue weighted by Crippen LogP contribution is 2.27. The Morgan fingerprint density at radius 2 is 1.85 bits per heavy atom. The first kappa shape index (κ1) is 17.6. The average Bonchev–Trinajstić information content (AvgIpc) is 3.09. The van der Waals surface area contributed by atoms with Gasteiger partial charge >= 0.3 is 5.63 Å². The summed E-state index contributed by atoms with van der Waals surface area (Å²) in [6.07, 6.45) is 3.80. The summed E-state index contributed by atoms with van der Waals surface area (Å²) < 4.78 is 7.52. The van der Waals surface area contributed by atoms with Crippen LogP contribution in [0.15, 0.2) is 75.3 Å². The van der Waals surface area contributed by atoms with Gasteiger partial charge in [-0.1, -0.05) is 42.1 Å². The molecule has 4 rings (SSSR count). The van der Waals surface area contributed by atoms with Gasteiger partial charge in [0.1, 0.15) is 5.58 Å². The highest BCUT2D eigenvalue weighted by Gasteiger charge is 2.10. The molecular weight excluding hydrogens is 356 g/mol. The van der Waals surface area contributed by atoms with Gasteiger partial charge in [-0.05, 0) is 48.2 Å². The third kappa shape index (κ3) is 3.83. The van der Waals surface area contributed by atoms with E-state index >= 15 is 0 Å². The van der Waals surface area contributed by atoms with Crippen molar-refractivity contribution in [2.45, 2.75) is 31.3 Å². The molecule has 0 unspecified atom stereocenters. The lowest BCUT2D eigenvalue weighted by atomic mass is 10.0. The van der Waals surface area contributed by atoms with Gasteiger partial charge in [0.15, 0.2) is 5.16 Å². The molecule has 4 nitrogen and oxygen atoms in total. The minimum Gasteiger partial charge on any atom is -0.423 e. The summed E-state index contributed by atoms with van der Waals surface area (Å²) >= 11 is 1.63. The SMILES string of the molecule is Cc1cc2oc(=O)cc(CSc3nccn3Cc3ccccc3)c2cc1C. The van der Waals surface area contributed by atoms with Crippen molar-refractivity contribution < 1.29 is 4.42 Å². The van der Waals surface area contributed by atoms with Gasteiger partial charge in [0.25, 0.3) is 0 Å². The average molecular weight is 376 g/mol. The number of aromatic nitrogens is 2. The van der Waals surface area contributed by atoms with E-state index in [1.54, 1.807) is 17.8 Å². The second kappa shape index (κ2) is 7.45. The van der Waals surface area contributed by atoms with Crippen LogP contribution in [0.4, 0.5) is 0 Å². The number of hydrogen-bond donors (Lipinski definition) is 0. The number of fused-ring (bicyclic) bond motifs is 1. The predicted molar refractivity (Wildman–Crippen MR) is 109 cm³/mol. The predicted octanol–water partition coefficient (Wildman–Crippen LogP) is 4.95. The van der Waals surface area contributed by atoms with Crippen LogP contribution < -0.4 is 5.63 Å². The minimum atomic E-state index is -0.311. The molecule has 5 heteroatoms. The molecular formula is C22H20N2O2S. The molecule has 0 amide bonds. The molecule has 0 spiro atoms. The van der Waals surface area contributed by atoms with Crippen LogP contribution in [-0.2, 0) is 12.3 Å². The Labute approximate surface area is 161 Å². The van der Waals surface area contributed by atoms with Gasteiger partial charge in [0.2, 0.25) is 0 Å². The Bertz CT molecular complexity index is 1150. The van der Waals surface area contributed by atoms with Crippen molar-refractivity contribution in [3.8, 4) is 0 Å². The highest BCUT2D eigenvalue weighted by molar-refractivity contribution is 7.98. The molecule has 136 valence electrons. The Balaban J connectivity index is 1.61. The van der Waals surface area contributed by atoms with Crippen LogP contribution in [-0.4, -0.2) is 9.55 Å². The van der Waals surface area contributed by atoms with E-state index < -0.39 is 0 Å². The normalized spacial score (nSPS) is 11.2. The van der Waals surface area contributed by atoms with Crippen LogP contribution in [0.5, 0.6) is 0 Å². The van der Waals surface area contributed by atoms with Crippen molar-refractivity contribution in [3.05, 3.63) is 93.6 Å². The molecule has 4 aromatic rings. The maximum atomic E-state index is 12.0. The van der Waals surface area contributed by atoms with Gasteiger partial charge in [-0.2, -0.15) is 0 Å². The number of thioether (sulfide) groups is 1. The maximum absolute atomic E-state index is 12.0. The summed E-state index contributed by atoms with van der Waals surface area (Å²) in [4.78, 5) is 16.5. The number of nitrogens with zero attached hydrogens (tertiary/aromatic N) is 2. The lowest BCUT2D eigenvalue weighted by Gasteiger charge is -2.10. The summed E-state index contributed by atoms with van der Waals surface area (Å²) in [5, 5.41) is 1.93. The molecule has 0 saturated carbocycles. The van der Waals surface area contributed by atoms with Gasteiger partial charge in [0.05, 0.1) is 0 Å². The van der Waals surface area contributed by atoms with Crippen molar-refractivity contribution in [3.63, 3.8) is 0 Å². The second-order valence-corrected chi connectivity index (χ2v) is 7.58. The van der Waals surface area contributed by atoms with Gasteiger partial charge in [0, 0.05) is 36.1 Å². The second-order valence-electron chi connectivity index (χ2n) is 6.64. The molecule has 0 aliphatic rings. The number of imidazole rings is 1. The molecule has 2 heterocycles.